The smallest absolute Gasteiger partial charge is 0.256 e. The van der Waals surface area contributed by atoms with E-state index in [9.17, 15) is 14.0 Å². The summed E-state index contributed by atoms with van der Waals surface area (Å²) in [5.74, 6) is -0.274. The van der Waals surface area contributed by atoms with Crippen LogP contribution < -0.4 is 0 Å². The number of amides is 2. The van der Waals surface area contributed by atoms with Crippen molar-refractivity contribution in [1.82, 2.24) is 29.4 Å². The maximum atomic E-state index is 13.9. The third-order valence-electron chi connectivity index (χ3n) is 5.60. The van der Waals surface area contributed by atoms with Gasteiger partial charge in [0.15, 0.2) is 0 Å². The number of hydrogen-bond donors (Lipinski definition) is 0. The van der Waals surface area contributed by atoms with Crippen molar-refractivity contribution >= 4 is 17.6 Å². The van der Waals surface area contributed by atoms with Gasteiger partial charge in [-0.3, -0.25) is 9.59 Å². The van der Waals surface area contributed by atoms with Crippen LogP contribution in [0.3, 0.4) is 0 Å². The van der Waals surface area contributed by atoms with E-state index >= 15 is 0 Å². The number of aryl methyl sites for hydroxylation is 2. The Labute approximate surface area is 173 Å². The molecule has 1 fully saturated rings. The van der Waals surface area contributed by atoms with Gasteiger partial charge in [0.1, 0.15) is 12.1 Å². The Balaban J connectivity index is 1.35. The lowest BCUT2D eigenvalue weighted by Gasteiger charge is -2.35. The fourth-order valence-electron chi connectivity index (χ4n) is 3.87. The van der Waals surface area contributed by atoms with Crippen LogP contribution in [0.1, 0.15) is 33.7 Å². The van der Waals surface area contributed by atoms with Crippen molar-refractivity contribution in [2.75, 3.05) is 26.2 Å². The zero-order valence-corrected chi connectivity index (χ0v) is 17.0. The molecule has 9 heteroatoms. The lowest BCUT2D eigenvalue weighted by atomic mass is 10.1. The minimum absolute atomic E-state index is 0.0328. The minimum Gasteiger partial charge on any atom is -0.339 e. The number of nitrogens with zero attached hydrogens (tertiary/aromatic N) is 6. The Morgan fingerprint density at radius 2 is 1.77 bits per heavy atom. The highest BCUT2D eigenvalue weighted by Gasteiger charge is 2.26. The van der Waals surface area contributed by atoms with Gasteiger partial charge in [-0.2, -0.15) is 10.1 Å². The number of fused-ring (bicyclic) bond motifs is 1. The molecule has 30 heavy (non-hydrogen) atoms. The summed E-state index contributed by atoms with van der Waals surface area (Å²) in [6, 6.07) is 5.97. The normalized spacial score (nSPS) is 14.4. The van der Waals surface area contributed by atoms with E-state index in [2.05, 4.69) is 15.1 Å². The average molecular weight is 410 g/mol. The summed E-state index contributed by atoms with van der Waals surface area (Å²) in [6.07, 6.45) is 2.38. The summed E-state index contributed by atoms with van der Waals surface area (Å²) < 4.78 is 15.6. The lowest BCUT2D eigenvalue weighted by molar-refractivity contribution is -0.132. The average Bonchev–Trinajstić information content (AvgIpc) is 3.22. The van der Waals surface area contributed by atoms with Crippen LogP contribution in [0.4, 0.5) is 4.39 Å². The van der Waals surface area contributed by atoms with Gasteiger partial charge in [-0.15, -0.1) is 0 Å². The monoisotopic (exact) mass is 410 g/mol. The Morgan fingerprint density at radius 3 is 2.50 bits per heavy atom. The summed E-state index contributed by atoms with van der Waals surface area (Å²) in [5, 5.41) is 4.18. The second-order valence-corrected chi connectivity index (χ2v) is 7.39. The van der Waals surface area contributed by atoms with Gasteiger partial charge in [-0.05, 0) is 38.0 Å². The maximum Gasteiger partial charge on any atom is 0.256 e. The first-order valence-electron chi connectivity index (χ1n) is 9.93. The van der Waals surface area contributed by atoms with Gasteiger partial charge in [0.25, 0.3) is 11.7 Å². The fourth-order valence-corrected chi connectivity index (χ4v) is 3.87. The number of carbonyl (C=O) groups excluding carboxylic acids is 2. The van der Waals surface area contributed by atoms with Crippen molar-refractivity contribution in [1.29, 1.82) is 0 Å². The van der Waals surface area contributed by atoms with Crippen molar-refractivity contribution < 1.29 is 14.0 Å². The minimum atomic E-state index is -0.523. The van der Waals surface area contributed by atoms with Gasteiger partial charge >= 0.3 is 0 Å². The number of aromatic nitrogens is 4. The molecule has 0 unspecified atom stereocenters. The van der Waals surface area contributed by atoms with Crippen molar-refractivity contribution in [2.24, 2.45) is 0 Å². The summed E-state index contributed by atoms with van der Waals surface area (Å²) in [7, 11) is 0. The molecule has 0 aliphatic carbocycles. The Morgan fingerprint density at radius 1 is 1.07 bits per heavy atom. The summed E-state index contributed by atoms with van der Waals surface area (Å²) in [4.78, 5) is 37.2. The molecule has 0 spiro atoms. The molecule has 156 valence electrons. The number of rotatable bonds is 4. The summed E-state index contributed by atoms with van der Waals surface area (Å²) in [6.45, 7) is 5.53. The topological polar surface area (TPSA) is 83.7 Å². The van der Waals surface area contributed by atoms with Gasteiger partial charge in [0.2, 0.25) is 5.91 Å². The number of piperazine rings is 1. The second kappa shape index (κ2) is 8.17. The van der Waals surface area contributed by atoms with E-state index in [1.165, 1.54) is 18.5 Å². The largest absolute Gasteiger partial charge is 0.339 e. The first kappa shape index (κ1) is 19.9. The second-order valence-electron chi connectivity index (χ2n) is 7.39. The van der Waals surface area contributed by atoms with Crippen LogP contribution in [0.15, 0.2) is 30.6 Å². The molecule has 3 heterocycles. The van der Waals surface area contributed by atoms with Crippen molar-refractivity contribution in [3.05, 3.63) is 58.9 Å². The molecule has 0 saturated carbocycles. The third kappa shape index (κ3) is 3.74. The number of carbonyl (C=O) groups is 2. The van der Waals surface area contributed by atoms with Crippen LogP contribution in [0, 0.1) is 19.7 Å². The molecule has 1 aromatic carbocycles. The zero-order valence-electron chi connectivity index (χ0n) is 17.0. The van der Waals surface area contributed by atoms with Crippen LogP contribution in [-0.4, -0.2) is 67.4 Å². The fraction of sp³-hybridized carbons (Fsp3) is 0.381. The van der Waals surface area contributed by atoms with E-state index in [1.54, 1.807) is 26.4 Å². The predicted molar refractivity (Wildman–Crippen MR) is 107 cm³/mol. The van der Waals surface area contributed by atoms with E-state index in [0.717, 1.165) is 17.0 Å². The van der Waals surface area contributed by atoms with Gasteiger partial charge in [0, 0.05) is 44.0 Å². The quantitative estimate of drug-likeness (QED) is 0.655. The maximum absolute atomic E-state index is 13.9. The molecule has 4 rings (SSSR count). The van der Waals surface area contributed by atoms with Crippen molar-refractivity contribution in [2.45, 2.75) is 26.7 Å². The van der Waals surface area contributed by atoms with E-state index in [0.29, 0.717) is 44.8 Å². The first-order valence-corrected chi connectivity index (χ1v) is 9.93. The third-order valence-corrected chi connectivity index (χ3v) is 5.60. The highest BCUT2D eigenvalue weighted by Crippen LogP contribution is 2.17. The van der Waals surface area contributed by atoms with Crippen molar-refractivity contribution in [3.8, 4) is 0 Å². The van der Waals surface area contributed by atoms with Crippen LogP contribution in [-0.2, 0) is 11.2 Å². The first-order chi connectivity index (χ1) is 14.5. The van der Waals surface area contributed by atoms with Crippen LogP contribution in [0.25, 0.3) is 5.78 Å². The summed E-state index contributed by atoms with van der Waals surface area (Å²) in [5.41, 5.74) is 2.85. The number of benzene rings is 1. The zero-order chi connectivity index (χ0) is 21.3. The number of halogens is 1. The van der Waals surface area contributed by atoms with Gasteiger partial charge < -0.3 is 9.80 Å². The highest BCUT2D eigenvalue weighted by atomic mass is 19.1. The molecule has 2 amide bonds. The molecule has 2 aromatic heterocycles. The molecule has 1 saturated heterocycles. The van der Waals surface area contributed by atoms with Gasteiger partial charge in [-0.1, -0.05) is 12.1 Å². The molecule has 0 radical (unpaired) electrons. The predicted octanol–water partition coefficient (Wildman–Crippen LogP) is 1.80. The van der Waals surface area contributed by atoms with E-state index in [-0.39, 0.29) is 17.4 Å². The standard InChI is InChI=1S/C21H23FN6O2/c1-14-16(15(2)28-21(25-14)23-13-24-28)7-8-19(29)26-9-11-27(12-10-26)20(30)17-5-3-4-6-18(17)22/h3-6,13H,7-12H2,1-2H3. The molecular weight excluding hydrogens is 387 g/mol. The molecule has 8 nitrogen and oxygen atoms in total. The lowest BCUT2D eigenvalue weighted by Crippen LogP contribution is -2.50. The molecule has 1 aliphatic heterocycles. The highest BCUT2D eigenvalue weighted by molar-refractivity contribution is 5.94. The van der Waals surface area contributed by atoms with E-state index < -0.39 is 5.82 Å². The molecule has 1 aliphatic rings. The summed E-state index contributed by atoms with van der Waals surface area (Å²) >= 11 is 0. The van der Waals surface area contributed by atoms with Crippen LogP contribution in [0.2, 0.25) is 0 Å². The molecule has 0 bridgehead atoms. The molecule has 0 atom stereocenters. The van der Waals surface area contributed by atoms with Crippen LogP contribution in [0.5, 0.6) is 0 Å². The van der Waals surface area contributed by atoms with E-state index in [1.807, 2.05) is 13.8 Å². The van der Waals surface area contributed by atoms with Gasteiger partial charge in [-0.25, -0.2) is 13.9 Å². The molecular formula is C21H23FN6O2. The van der Waals surface area contributed by atoms with Gasteiger partial charge in [0.05, 0.1) is 5.56 Å². The SMILES string of the molecule is Cc1nc2ncnn2c(C)c1CCC(=O)N1CCN(C(=O)c2ccccc2F)CC1. The Kier molecular flexibility index (Phi) is 5.43. The van der Waals surface area contributed by atoms with E-state index in [4.69, 9.17) is 0 Å². The number of hydrogen-bond acceptors (Lipinski definition) is 5. The van der Waals surface area contributed by atoms with Crippen molar-refractivity contribution in [3.63, 3.8) is 0 Å². The molecule has 3 aromatic rings. The Bertz CT molecular complexity index is 1100. The van der Waals surface area contributed by atoms with Crippen LogP contribution >= 0.6 is 0 Å². The molecule has 0 N–H and O–H groups in total. The Hall–Kier alpha value is -3.36.